The largest absolute Gasteiger partial charge is 0.496 e. The van der Waals surface area contributed by atoms with Crippen LogP contribution in [0.25, 0.3) is 21.9 Å². The number of imide groups is 1. The molecule has 0 bridgehead atoms. The van der Waals surface area contributed by atoms with Crippen molar-refractivity contribution in [2.75, 3.05) is 14.2 Å². The van der Waals surface area contributed by atoms with Gasteiger partial charge in [0.2, 0.25) is 11.8 Å². The minimum absolute atomic E-state index is 0.0145. The zero-order valence-electron chi connectivity index (χ0n) is 21.3. The fraction of sp³-hybridized carbons (Fsp3) is 0.194. The normalized spacial score (nSPS) is 14.9. The van der Waals surface area contributed by atoms with Gasteiger partial charge in [-0.1, -0.05) is 90.6 Å². The third-order valence-electron chi connectivity index (χ3n) is 6.75. The second-order valence-corrected chi connectivity index (χ2v) is 10.6. The fourth-order valence-electron chi connectivity index (χ4n) is 4.75. The highest BCUT2D eigenvalue weighted by Crippen LogP contribution is 2.30. The minimum atomic E-state index is -0.376. The van der Waals surface area contributed by atoms with Crippen molar-refractivity contribution < 1.29 is 19.1 Å². The van der Waals surface area contributed by atoms with Crippen molar-refractivity contribution in [2.45, 2.75) is 24.6 Å². The molecule has 1 unspecified atom stereocenters. The molecule has 192 valence electrons. The molecule has 1 aliphatic rings. The highest BCUT2D eigenvalue weighted by atomic mass is 32.2. The molecule has 0 spiro atoms. The Bertz CT molecular complexity index is 1520. The summed E-state index contributed by atoms with van der Waals surface area (Å²) >= 11 is 1.04. The third-order valence-corrected chi connectivity index (χ3v) is 7.74. The van der Waals surface area contributed by atoms with Crippen molar-refractivity contribution in [3.8, 4) is 16.9 Å². The Labute approximate surface area is 226 Å². The number of carbonyl (C=O) groups is 3. The van der Waals surface area contributed by atoms with Gasteiger partial charge in [-0.2, -0.15) is 0 Å². The first-order valence-electron chi connectivity index (χ1n) is 12.4. The molecule has 1 saturated heterocycles. The molecule has 0 aliphatic carbocycles. The zero-order valence-corrected chi connectivity index (χ0v) is 22.1. The molecule has 3 amide bonds. The van der Waals surface area contributed by atoms with E-state index in [4.69, 9.17) is 4.74 Å². The van der Waals surface area contributed by atoms with Gasteiger partial charge in [0.25, 0.3) is 5.24 Å². The van der Waals surface area contributed by atoms with Gasteiger partial charge in [-0.3, -0.25) is 19.7 Å². The van der Waals surface area contributed by atoms with E-state index in [1.807, 2.05) is 85.9 Å². The summed E-state index contributed by atoms with van der Waals surface area (Å²) in [6, 6.07) is 28.2. The van der Waals surface area contributed by atoms with E-state index in [2.05, 4.69) is 11.4 Å². The highest BCUT2D eigenvalue weighted by molar-refractivity contribution is 8.15. The SMILES string of the molecule is COc1c(CC(=O)N(C)Cc2cccc(-c3ccc(CC4SC(=O)NC4=O)cc3)c2)ccc2ccccc12. The molecule has 0 saturated carbocycles. The van der Waals surface area contributed by atoms with Gasteiger partial charge in [0.1, 0.15) is 5.75 Å². The molecule has 1 fully saturated rings. The van der Waals surface area contributed by atoms with Crippen LogP contribution in [0.3, 0.4) is 0 Å². The molecule has 4 aromatic carbocycles. The quantitative estimate of drug-likeness (QED) is 0.324. The average Bonchev–Trinajstić information content (AvgIpc) is 3.25. The number of likely N-dealkylation sites (N-methyl/N-ethyl adjacent to an activating group) is 1. The van der Waals surface area contributed by atoms with Crippen LogP contribution in [0.15, 0.2) is 84.9 Å². The van der Waals surface area contributed by atoms with Crippen LogP contribution >= 0.6 is 11.8 Å². The molecule has 1 aliphatic heterocycles. The van der Waals surface area contributed by atoms with Gasteiger partial charge in [0.05, 0.1) is 18.8 Å². The van der Waals surface area contributed by atoms with Crippen LogP contribution in [0.2, 0.25) is 0 Å². The zero-order chi connectivity index (χ0) is 26.6. The van der Waals surface area contributed by atoms with Crippen LogP contribution in [0, 0.1) is 0 Å². The molecule has 4 aromatic rings. The summed E-state index contributed by atoms with van der Waals surface area (Å²) in [6.07, 6.45) is 0.770. The van der Waals surface area contributed by atoms with Crippen molar-refractivity contribution >= 4 is 39.6 Å². The Hall–Kier alpha value is -4.10. The first kappa shape index (κ1) is 25.5. The number of hydrogen-bond donors (Lipinski definition) is 1. The lowest BCUT2D eigenvalue weighted by atomic mass is 10.00. The number of benzene rings is 4. The van der Waals surface area contributed by atoms with Gasteiger partial charge in [0, 0.05) is 24.5 Å². The summed E-state index contributed by atoms with van der Waals surface area (Å²) < 4.78 is 5.67. The molecule has 0 radical (unpaired) electrons. The topological polar surface area (TPSA) is 75.7 Å². The van der Waals surface area contributed by atoms with Crippen LogP contribution < -0.4 is 10.1 Å². The Morgan fingerprint density at radius 3 is 2.45 bits per heavy atom. The molecule has 1 atom stereocenters. The van der Waals surface area contributed by atoms with Crippen LogP contribution in [-0.4, -0.2) is 41.4 Å². The lowest BCUT2D eigenvalue weighted by Crippen LogP contribution is -2.27. The van der Waals surface area contributed by atoms with Gasteiger partial charge >= 0.3 is 0 Å². The van der Waals surface area contributed by atoms with Gasteiger partial charge in [0.15, 0.2) is 0 Å². The van der Waals surface area contributed by atoms with Gasteiger partial charge < -0.3 is 9.64 Å². The molecule has 0 aromatic heterocycles. The maximum absolute atomic E-state index is 13.1. The van der Waals surface area contributed by atoms with Gasteiger partial charge in [-0.25, -0.2) is 0 Å². The summed E-state index contributed by atoms with van der Waals surface area (Å²) in [5.41, 5.74) is 5.00. The molecule has 1 N–H and O–H groups in total. The van der Waals surface area contributed by atoms with E-state index < -0.39 is 0 Å². The van der Waals surface area contributed by atoms with Gasteiger partial charge in [-0.15, -0.1) is 0 Å². The lowest BCUT2D eigenvalue weighted by Gasteiger charge is -2.19. The predicted octanol–water partition coefficient (Wildman–Crippen LogP) is 5.61. The van der Waals surface area contributed by atoms with Crippen molar-refractivity contribution in [3.63, 3.8) is 0 Å². The molecule has 5 rings (SSSR count). The Morgan fingerprint density at radius 2 is 1.71 bits per heavy atom. The molecule has 1 heterocycles. The summed E-state index contributed by atoms with van der Waals surface area (Å²) in [6.45, 7) is 0.489. The number of fused-ring (bicyclic) bond motifs is 1. The van der Waals surface area contributed by atoms with E-state index in [-0.39, 0.29) is 28.7 Å². The number of nitrogens with one attached hydrogen (secondary N) is 1. The number of hydrogen-bond acceptors (Lipinski definition) is 5. The number of ether oxygens (including phenoxy) is 1. The van der Waals surface area contributed by atoms with E-state index in [0.717, 1.165) is 56.1 Å². The van der Waals surface area contributed by atoms with Crippen molar-refractivity contribution in [3.05, 3.63) is 102 Å². The van der Waals surface area contributed by atoms with E-state index >= 15 is 0 Å². The van der Waals surface area contributed by atoms with Gasteiger partial charge in [-0.05, 0) is 40.1 Å². The van der Waals surface area contributed by atoms with Crippen LogP contribution in [0.4, 0.5) is 4.79 Å². The van der Waals surface area contributed by atoms with Crippen LogP contribution in [-0.2, 0) is 29.0 Å². The van der Waals surface area contributed by atoms with E-state index in [0.29, 0.717) is 13.0 Å². The minimum Gasteiger partial charge on any atom is -0.496 e. The Balaban J connectivity index is 1.25. The Morgan fingerprint density at radius 1 is 0.921 bits per heavy atom. The van der Waals surface area contributed by atoms with E-state index in [1.165, 1.54) is 0 Å². The number of thioether (sulfide) groups is 1. The summed E-state index contributed by atoms with van der Waals surface area (Å²) in [5.74, 6) is 0.532. The summed E-state index contributed by atoms with van der Waals surface area (Å²) in [5, 5.41) is 3.75. The summed E-state index contributed by atoms with van der Waals surface area (Å²) in [7, 11) is 3.46. The number of amides is 3. The summed E-state index contributed by atoms with van der Waals surface area (Å²) in [4.78, 5) is 38.1. The molecule has 38 heavy (non-hydrogen) atoms. The molecular formula is C31H28N2O4S. The predicted molar refractivity (Wildman–Crippen MR) is 151 cm³/mol. The Kier molecular flexibility index (Phi) is 7.47. The first-order valence-corrected chi connectivity index (χ1v) is 13.3. The number of rotatable bonds is 8. The monoisotopic (exact) mass is 524 g/mol. The molecule has 6 nitrogen and oxygen atoms in total. The third kappa shape index (κ3) is 5.58. The van der Waals surface area contributed by atoms with Crippen molar-refractivity contribution in [2.24, 2.45) is 0 Å². The number of carbonyl (C=O) groups excluding carboxylic acids is 3. The molecule has 7 heteroatoms. The maximum atomic E-state index is 13.1. The van der Waals surface area contributed by atoms with Crippen molar-refractivity contribution in [1.82, 2.24) is 10.2 Å². The lowest BCUT2D eigenvalue weighted by molar-refractivity contribution is -0.129. The van der Waals surface area contributed by atoms with Crippen molar-refractivity contribution in [1.29, 1.82) is 0 Å². The second kappa shape index (κ2) is 11.1. The smallest absolute Gasteiger partial charge is 0.286 e. The maximum Gasteiger partial charge on any atom is 0.286 e. The van der Waals surface area contributed by atoms with Crippen LogP contribution in [0.5, 0.6) is 5.75 Å². The van der Waals surface area contributed by atoms with Crippen LogP contribution in [0.1, 0.15) is 16.7 Å². The average molecular weight is 525 g/mol. The highest BCUT2D eigenvalue weighted by Gasteiger charge is 2.31. The van der Waals surface area contributed by atoms with E-state index in [9.17, 15) is 14.4 Å². The van der Waals surface area contributed by atoms with E-state index in [1.54, 1.807) is 12.0 Å². The number of methoxy groups -OCH3 is 1. The fourth-order valence-corrected chi connectivity index (χ4v) is 5.61. The second-order valence-electron chi connectivity index (χ2n) is 9.39. The first-order chi connectivity index (χ1) is 18.4. The standard InChI is InChI=1S/C31H28N2O4S/c1-33(28(34)18-25-15-14-23-7-3-4-9-26(23)29(25)37-2)19-21-6-5-8-24(16-21)22-12-10-20(11-13-22)17-27-30(35)32-31(36)38-27/h3-16,27H,17-19H2,1-2H3,(H,32,35,36). The molecular weight excluding hydrogens is 496 g/mol. The number of nitrogens with zero attached hydrogens (tertiary/aromatic N) is 1.